The van der Waals surface area contributed by atoms with Crippen LogP contribution in [0.2, 0.25) is 0 Å². The summed E-state index contributed by atoms with van der Waals surface area (Å²) in [5.41, 5.74) is 13.6. The lowest BCUT2D eigenvalue weighted by atomic mass is 9.98. The van der Waals surface area contributed by atoms with Crippen molar-refractivity contribution in [1.29, 1.82) is 0 Å². The largest absolute Gasteiger partial charge is 0.309 e. The van der Waals surface area contributed by atoms with Crippen LogP contribution in [-0.2, 0) is 0 Å². The highest BCUT2D eigenvalue weighted by Gasteiger charge is 2.31. The van der Waals surface area contributed by atoms with Crippen LogP contribution in [0.4, 0.5) is 17.1 Å². The van der Waals surface area contributed by atoms with Gasteiger partial charge >= 0.3 is 0 Å². The maximum absolute atomic E-state index is 5.22. The predicted molar refractivity (Wildman–Crippen MR) is 195 cm³/mol. The fourth-order valence-corrected chi connectivity index (χ4v) is 7.56. The molecule has 0 saturated heterocycles. The van der Waals surface area contributed by atoms with Crippen molar-refractivity contribution < 1.29 is 0 Å². The monoisotopic (exact) mass is 600 g/mol. The van der Waals surface area contributed by atoms with E-state index in [9.17, 15) is 0 Å². The molecule has 1 aliphatic rings. The Morgan fingerprint density at radius 1 is 0.404 bits per heavy atom. The van der Waals surface area contributed by atoms with E-state index in [0.29, 0.717) is 0 Å². The van der Waals surface area contributed by atoms with E-state index in [1.807, 2.05) is 6.20 Å². The number of hydrogen-bond acceptors (Lipinski definition) is 2. The van der Waals surface area contributed by atoms with E-state index in [-0.39, 0.29) is 0 Å². The number of aromatic nitrogens is 3. The van der Waals surface area contributed by atoms with Gasteiger partial charge in [-0.3, -0.25) is 4.57 Å². The van der Waals surface area contributed by atoms with Crippen LogP contribution in [-0.4, -0.2) is 14.1 Å². The number of rotatable bonds is 3. The summed E-state index contributed by atoms with van der Waals surface area (Å²) >= 11 is 0. The van der Waals surface area contributed by atoms with Crippen molar-refractivity contribution in [1.82, 2.24) is 14.1 Å². The first-order valence-electron chi connectivity index (χ1n) is 16.0. The number of nitrogens with zero attached hydrogens (tertiary/aromatic N) is 4. The molecule has 3 aromatic heterocycles. The highest BCUT2D eigenvalue weighted by atomic mass is 15.2. The first-order chi connectivity index (χ1) is 23.4. The predicted octanol–water partition coefficient (Wildman–Crippen LogP) is 11.2. The summed E-state index contributed by atoms with van der Waals surface area (Å²) in [5.74, 6) is 0. The summed E-state index contributed by atoms with van der Waals surface area (Å²) in [6.07, 6.45) is 2.04. The van der Waals surface area contributed by atoms with E-state index >= 15 is 0 Å². The number of para-hydroxylation sites is 6. The van der Waals surface area contributed by atoms with Crippen LogP contribution < -0.4 is 4.90 Å². The van der Waals surface area contributed by atoms with Crippen molar-refractivity contribution in [3.8, 4) is 33.8 Å². The van der Waals surface area contributed by atoms with Gasteiger partial charge in [-0.05, 0) is 54.6 Å². The second-order valence-corrected chi connectivity index (χ2v) is 12.0. The molecule has 10 rings (SSSR count). The summed E-state index contributed by atoms with van der Waals surface area (Å²) in [6.45, 7) is 0. The molecule has 0 spiro atoms. The number of fused-ring (bicyclic) bond motifs is 10. The zero-order valence-electron chi connectivity index (χ0n) is 25.5. The van der Waals surface area contributed by atoms with Crippen LogP contribution in [0, 0.1) is 0 Å². The van der Waals surface area contributed by atoms with Gasteiger partial charge in [0.1, 0.15) is 5.65 Å². The molecule has 4 heteroatoms. The van der Waals surface area contributed by atoms with Gasteiger partial charge in [0.2, 0.25) is 0 Å². The summed E-state index contributed by atoms with van der Waals surface area (Å²) in [5, 5.41) is 3.53. The van der Waals surface area contributed by atoms with Crippen LogP contribution in [0.25, 0.3) is 66.6 Å². The molecule has 4 heterocycles. The molecule has 0 amide bonds. The fraction of sp³-hybridized carbons (Fsp3) is 0. The van der Waals surface area contributed by atoms with E-state index in [4.69, 9.17) is 4.98 Å². The maximum atomic E-state index is 5.22. The molecule has 0 N–H and O–H groups in total. The highest BCUT2D eigenvalue weighted by Crippen LogP contribution is 2.54. The third-order valence-electron chi connectivity index (χ3n) is 9.48. The molecular formula is C43H28N4. The van der Waals surface area contributed by atoms with Crippen LogP contribution in [0.15, 0.2) is 170 Å². The van der Waals surface area contributed by atoms with E-state index in [2.05, 4.69) is 178 Å². The molecule has 0 unspecified atom stereocenters. The molecule has 6 aromatic carbocycles. The zero-order chi connectivity index (χ0) is 30.9. The zero-order valence-corrected chi connectivity index (χ0v) is 25.5. The highest BCUT2D eigenvalue weighted by molar-refractivity contribution is 6.14. The molecule has 0 saturated carbocycles. The second kappa shape index (κ2) is 10.1. The van der Waals surface area contributed by atoms with Crippen molar-refractivity contribution in [2.24, 2.45) is 0 Å². The minimum atomic E-state index is 0.949. The molecule has 0 radical (unpaired) electrons. The minimum absolute atomic E-state index is 0.949. The summed E-state index contributed by atoms with van der Waals surface area (Å²) in [6, 6.07) is 58.5. The van der Waals surface area contributed by atoms with E-state index in [0.717, 1.165) is 50.5 Å². The molecule has 4 nitrogen and oxygen atoms in total. The van der Waals surface area contributed by atoms with Crippen LogP contribution in [0.5, 0.6) is 0 Å². The molecule has 1 aliphatic heterocycles. The lowest BCUT2D eigenvalue weighted by Gasteiger charge is -2.27. The number of anilines is 3. The van der Waals surface area contributed by atoms with Crippen molar-refractivity contribution >= 4 is 49.9 Å². The summed E-state index contributed by atoms with van der Waals surface area (Å²) < 4.78 is 4.70. The number of pyridine rings is 1. The molecule has 9 aromatic rings. The molecule has 220 valence electrons. The number of benzene rings is 6. The van der Waals surface area contributed by atoms with Gasteiger partial charge in [0.25, 0.3) is 0 Å². The molecule has 0 bridgehead atoms. The van der Waals surface area contributed by atoms with Crippen molar-refractivity contribution in [3.05, 3.63) is 170 Å². The van der Waals surface area contributed by atoms with E-state index in [1.165, 1.54) is 33.2 Å². The smallest absolute Gasteiger partial charge is 0.145 e. The fourth-order valence-electron chi connectivity index (χ4n) is 7.56. The Balaban J connectivity index is 1.33. The Morgan fingerprint density at radius 3 is 1.70 bits per heavy atom. The Hall–Kier alpha value is -6.39. The standard InChI is InChI=1S/C43H28N4/c1-3-15-29(16-4-1)45-38-24-12-8-20-33(38)41-34-21-9-13-25-39(34)46(42(41)35-22-10-14-26-40(35)45)31-27-36-32-19-7-11-23-37(32)47(43(36)44-28-31)30-17-5-2-6-18-30/h1-28H. The van der Waals surface area contributed by atoms with Crippen LogP contribution >= 0.6 is 0 Å². The molecule has 0 fully saturated rings. The van der Waals surface area contributed by atoms with Gasteiger partial charge in [-0.2, -0.15) is 0 Å². The average molecular weight is 601 g/mol. The van der Waals surface area contributed by atoms with Crippen molar-refractivity contribution in [2.45, 2.75) is 0 Å². The van der Waals surface area contributed by atoms with Gasteiger partial charge in [-0.25, -0.2) is 4.98 Å². The minimum Gasteiger partial charge on any atom is -0.309 e. The topological polar surface area (TPSA) is 26.0 Å². The second-order valence-electron chi connectivity index (χ2n) is 12.0. The quantitative estimate of drug-likeness (QED) is 0.202. The Bertz CT molecular complexity index is 2630. The normalized spacial score (nSPS) is 12.2. The number of hydrogen-bond donors (Lipinski definition) is 0. The SMILES string of the molecule is c1ccc(N2c3ccccc3-c3c(n(-c4cnc5c(c4)c4ccccc4n5-c4ccccc4)c4ccccc34)-c3ccccc32)cc1. The Kier molecular flexibility index (Phi) is 5.54. The Labute approximate surface area is 272 Å². The maximum Gasteiger partial charge on any atom is 0.145 e. The molecule has 0 atom stereocenters. The van der Waals surface area contributed by atoms with Gasteiger partial charge in [0.05, 0.1) is 40.0 Å². The third-order valence-corrected chi connectivity index (χ3v) is 9.48. The lowest BCUT2D eigenvalue weighted by molar-refractivity contribution is 1.09. The average Bonchev–Trinajstić information content (AvgIpc) is 3.62. The van der Waals surface area contributed by atoms with Gasteiger partial charge in [-0.15, -0.1) is 0 Å². The lowest BCUT2D eigenvalue weighted by Crippen LogP contribution is -2.11. The van der Waals surface area contributed by atoms with E-state index < -0.39 is 0 Å². The first-order valence-corrected chi connectivity index (χ1v) is 16.0. The molecule has 0 aliphatic carbocycles. The first kappa shape index (κ1) is 25.9. The van der Waals surface area contributed by atoms with E-state index in [1.54, 1.807) is 0 Å². The van der Waals surface area contributed by atoms with Gasteiger partial charge in [-0.1, -0.05) is 109 Å². The van der Waals surface area contributed by atoms with Gasteiger partial charge < -0.3 is 9.47 Å². The molecule has 47 heavy (non-hydrogen) atoms. The third kappa shape index (κ3) is 3.73. The molecular weight excluding hydrogens is 573 g/mol. The van der Waals surface area contributed by atoms with Gasteiger partial charge in [0.15, 0.2) is 0 Å². The van der Waals surface area contributed by atoms with Crippen LogP contribution in [0.1, 0.15) is 0 Å². The Morgan fingerprint density at radius 2 is 0.957 bits per heavy atom. The van der Waals surface area contributed by atoms with Gasteiger partial charge in [0, 0.05) is 44.2 Å². The summed E-state index contributed by atoms with van der Waals surface area (Å²) in [4.78, 5) is 7.63. The van der Waals surface area contributed by atoms with Crippen molar-refractivity contribution in [2.75, 3.05) is 4.90 Å². The van der Waals surface area contributed by atoms with Crippen LogP contribution in [0.3, 0.4) is 0 Å². The van der Waals surface area contributed by atoms with Crippen molar-refractivity contribution in [3.63, 3.8) is 0 Å². The summed E-state index contributed by atoms with van der Waals surface area (Å²) in [7, 11) is 0.